The van der Waals surface area contributed by atoms with Gasteiger partial charge in [-0.3, -0.25) is 4.79 Å². The molecule has 0 unspecified atom stereocenters. The quantitative estimate of drug-likeness (QED) is 0.241. The van der Waals surface area contributed by atoms with Crippen LogP contribution in [0.2, 0.25) is 5.02 Å². The van der Waals surface area contributed by atoms with E-state index in [-0.39, 0.29) is 41.1 Å². The molecule has 3 aromatic rings. The van der Waals surface area contributed by atoms with Crippen molar-refractivity contribution in [2.45, 2.75) is 49.3 Å². The van der Waals surface area contributed by atoms with Crippen LogP contribution in [0.5, 0.6) is 0 Å². The summed E-state index contributed by atoms with van der Waals surface area (Å²) >= 11 is 7.79. The number of carboxylic acids is 1. The first-order chi connectivity index (χ1) is 15.9. The van der Waals surface area contributed by atoms with Crippen molar-refractivity contribution < 1.29 is 44.2 Å². The maximum Gasteiger partial charge on any atom is 1.00 e. The second-order valence-electron chi connectivity index (χ2n) is 8.88. The minimum atomic E-state index is -1.25. The van der Waals surface area contributed by atoms with E-state index < -0.39 is 12.5 Å². The number of hydrogen-bond donors (Lipinski definition) is 0. The van der Waals surface area contributed by atoms with Crippen molar-refractivity contribution in [1.82, 2.24) is 9.55 Å². The number of aliphatic carboxylic acids is 1. The number of rotatable bonds is 8. The smallest absolute Gasteiger partial charge is 0.548 e. The molecule has 5 rings (SSSR count). The number of fused-ring (bicyclic) bond motifs is 2. The van der Waals surface area contributed by atoms with E-state index in [1.54, 1.807) is 29.9 Å². The number of aromatic nitrogens is 2. The zero-order valence-corrected chi connectivity index (χ0v) is 23.1. The van der Waals surface area contributed by atoms with Crippen molar-refractivity contribution in [3.63, 3.8) is 0 Å². The van der Waals surface area contributed by atoms with E-state index in [0.717, 1.165) is 25.2 Å². The Labute approximate surface area is 229 Å². The van der Waals surface area contributed by atoms with Crippen molar-refractivity contribution in [3.05, 3.63) is 39.5 Å². The molecule has 7 nitrogen and oxygen atoms in total. The predicted molar refractivity (Wildman–Crippen MR) is 129 cm³/mol. The third kappa shape index (κ3) is 4.73. The normalized spacial score (nSPS) is 19.6. The van der Waals surface area contributed by atoms with Gasteiger partial charge in [0.25, 0.3) is 0 Å². The Hall–Kier alpha value is -1.29. The Balaban J connectivity index is 0.00000274. The Morgan fingerprint density at radius 2 is 1.97 bits per heavy atom. The maximum absolute atomic E-state index is 13.4. The van der Waals surface area contributed by atoms with E-state index in [0.29, 0.717) is 43.8 Å². The molecule has 2 fully saturated rings. The van der Waals surface area contributed by atoms with Crippen LogP contribution < -0.4 is 45.0 Å². The Bertz CT molecular complexity index is 1310. The molecular weight excluding hydrogens is 485 g/mol. The molecule has 0 aliphatic heterocycles. The van der Waals surface area contributed by atoms with Crippen LogP contribution >= 0.6 is 23.4 Å². The maximum atomic E-state index is 13.4. The number of methoxy groups -OCH3 is 1. The fourth-order valence-electron chi connectivity index (χ4n) is 4.70. The van der Waals surface area contributed by atoms with Crippen LogP contribution in [0.15, 0.2) is 34.0 Å². The van der Waals surface area contributed by atoms with Gasteiger partial charge in [0.1, 0.15) is 11.5 Å². The minimum Gasteiger partial charge on any atom is -0.548 e. The van der Waals surface area contributed by atoms with Gasteiger partial charge < -0.3 is 24.1 Å². The van der Waals surface area contributed by atoms with Crippen LogP contribution in [0.3, 0.4) is 0 Å². The second-order valence-corrected chi connectivity index (χ2v) is 10.1. The van der Waals surface area contributed by atoms with E-state index in [9.17, 15) is 14.7 Å². The first-order valence-electron chi connectivity index (χ1n) is 11.1. The van der Waals surface area contributed by atoms with Crippen molar-refractivity contribution >= 4 is 57.1 Å². The number of carbonyl (C=O) groups excluding carboxylic acids is 1. The molecule has 34 heavy (non-hydrogen) atoms. The minimum absolute atomic E-state index is 0. The summed E-state index contributed by atoms with van der Waals surface area (Å²) in [5.41, 5.74) is 0.644. The van der Waals surface area contributed by atoms with Gasteiger partial charge in [0, 0.05) is 25.1 Å². The Morgan fingerprint density at radius 3 is 2.59 bits per heavy atom. The van der Waals surface area contributed by atoms with E-state index in [1.165, 1.54) is 24.6 Å². The van der Waals surface area contributed by atoms with Crippen molar-refractivity contribution in [1.29, 1.82) is 0 Å². The fraction of sp³-hybridized carbons (Fsp3) is 0.458. The molecular formula is C24H25ClN3NaO4S. The summed E-state index contributed by atoms with van der Waals surface area (Å²) in [7, 11) is 1.73. The van der Waals surface area contributed by atoms with Crippen LogP contribution in [0.1, 0.15) is 25.7 Å². The molecule has 2 aliphatic carbocycles. The van der Waals surface area contributed by atoms with Gasteiger partial charge in [0.05, 0.1) is 39.4 Å². The molecule has 10 heteroatoms. The van der Waals surface area contributed by atoms with E-state index in [1.807, 2.05) is 12.3 Å². The molecule has 0 bridgehead atoms. The van der Waals surface area contributed by atoms with Gasteiger partial charge in [-0.2, -0.15) is 0 Å². The van der Waals surface area contributed by atoms with Gasteiger partial charge in [-0.1, -0.05) is 11.6 Å². The van der Waals surface area contributed by atoms with E-state index in [2.05, 4.69) is 4.90 Å². The number of ether oxygens (including phenoxy) is 1. The van der Waals surface area contributed by atoms with E-state index in [4.69, 9.17) is 21.3 Å². The topological polar surface area (TPSA) is 87.5 Å². The molecule has 0 amide bonds. The summed E-state index contributed by atoms with van der Waals surface area (Å²) < 4.78 is 7.04. The molecule has 0 saturated heterocycles. The van der Waals surface area contributed by atoms with Gasteiger partial charge in [0.15, 0.2) is 5.43 Å². The zero-order chi connectivity index (χ0) is 23.3. The molecule has 1 aromatic carbocycles. The SMILES string of the molecule is COC1CC(N(CC2CC2)c2ccc3c(=O)c4ccc(Cl)c(SC)c4n(CC(=O)[O-])c3n2)C1.[Na+]. The average Bonchev–Trinajstić information content (AvgIpc) is 3.58. The monoisotopic (exact) mass is 509 g/mol. The van der Waals surface area contributed by atoms with Crippen molar-refractivity contribution in [2.75, 3.05) is 24.8 Å². The molecule has 0 atom stereocenters. The summed E-state index contributed by atoms with van der Waals surface area (Å²) in [6.45, 7) is 0.481. The van der Waals surface area contributed by atoms with Crippen LogP contribution in [0.25, 0.3) is 21.9 Å². The van der Waals surface area contributed by atoms with Gasteiger partial charge in [-0.05, 0) is 62.1 Å². The standard InChI is InChI=1S/C24H26ClN3O4S.Na/c1-32-15-9-14(10-15)27(11-13-3-4-13)19-8-6-17-22(31)16-5-7-18(25)23(33-2)21(16)28(12-20(29)30)24(17)26-19;/h5-8,13-15H,3-4,9-12H2,1-2H3,(H,29,30);/q;+1/p-1. The molecule has 2 aromatic heterocycles. The molecule has 2 heterocycles. The molecule has 2 saturated carbocycles. The van der Waals surface area contributed by atoms with Crippen LogP contribution in [0.4, 0.5) is 5.82 Å². The summed E-state index contributed by atoms with van der Waals surface area (Å²) in [5, 5.41) is 13.0. The largest absolute Gasteiger partial charge is 1.00 e. The molecule has 0 N–H and O–H groups in total. The number of anilines is 1. The Kier molecular flexibility index (Phi) is 7.86. The molecule has 174 valence electrons. The first-order valence-corrected chi connectivity index (χ1v) is 12.7. The van der Waals surface area contributed by atoms with Gasteiger partial charge in [0.2, 0.25) is 0 Å². The second kappa shape index (κ2) is 10.4. The number of carboxylic acid groups (broad SMARTS) is 1. The third-order valence-corrected chi connectivity index (χ3v) is 7.99. The van der Waals surface area contributed by atoms with Gasteiger partial charge in [-0.25, -0.2) is 4.98 Å². The molecule has 0 radical (unpaired) electrons. The number of nitrogens with zero attached hydrogens (tertiary/aromatic N) is 3. The van der Waals surface area contributed by atoms with Crippen molar-refractivity contribution in [2.24, 2.45) is 5.92 Å². The fourth-order valence-corrected chi connectivity index (χ4v) is 5.76. The molecule has 0 spiro atoms. The number of thioether (sulfide) groups is 1. The molecule has 2 aliphatic rings. The number of pyridine rings is 2. The van der Waals surface area contributed by atoms with Gasteiger partial charge >= 0.3 is 29.6 Å². The number of carbonyl (C=O) groups is 1. The van der Waals surface area contributed by atoms with Crippen molar-refractivity contribution in [3.8, 4) is 0 Å². The third-order valence-electron chi connectivity index (χ3n) is 6.74. The van der Waals surface area contributed by atoms with Crippen LogP contribution in [-0.2, 0) is 16.1 Å². The summed E-state index contributed by atoms with van der Waals surface area (Å²) in [6.07, 6.45) is 6.38. The summed E-state index contributed by atoms with van der Waals surface area (Å²) in [6, 6.07) is 7.29. The number of benzene rings is 1. The summed E-state index contributed by atoms with van der Waals surface area (Å²) in [5.74, 6) is 0.151. The number of hydrogen-bond acceptors (Lipinski definition) is 7. The predicted octanol–water partition coefficient (Wildman–Crippen LogP) is 0.0727. The first kappa shape index (κ1) is 25.8. The number of halogens is 1. The van der Waals surface area contributed by atoms with E-state index >= 15 is 0 Å². The summed E-state index contributed by atoms with van der Waals surface area (Å²) in [4.78, 5) is 32.9. The van der Waals surface area contributed by atoms with Crippen LogP contribution in [0, 0.1) is 5.92 Å². The van der Waals surface area contributed by atoms with Crippen LogP contribution in [-0.4, -0.2) is 47.6 Å². The van der Waals surface area contributed by atoms with Gasteiger partial charge in [-0.15, -0.1) is 11.8 Å². The zero-order valence-electron chi connectivity index (χ0n) is 19.5. The average molecular weight is 510 g/mol. The Morgan fingerprint density at radius 1 is 1.26 bits per heavy atom.